The molecule has 0 atom stereocenters. The molecule has 74 valence electrons. The highest BCUT2D eigenvalue weighted by Gasteiger charge is 2.04. The van der Waals surface area contributed by atoms with Crippen LogP contribution in [0.3, 0.4) is 0 Å². The molecular formula is C10H7N3S2. The molecule has 2 aromatic rings. The summed E-state index contributed by atoms with van der Waals surface area (Å²) in [5.41, 5.74) is 7.02. The number of rotatable bonds is 2. The first-order valence-electron chi connectivity index (χ1n) is 4.16. The van der Waals surface area contributed by atoms with E-state index in [2.05, 4.69) is 11.1 Å². The van der Waals surface area contributed by atoms with Gasteiger partial charge in [-0.2, -0.15) is 5.26 Å². The fraction of sp³-hybridized carbons (Fsp3) is 0. The van der Waals surface area contributed by atoms with Crippen LogP contribution in [0.15, 0.2) is 39.0 Å². The van der Waals surface area contributed by atoms with Crippen molar-refractivity contribution in [3.05, 3.63) is 35.3 Å². The van der Waals surface area contributed by atoms with E-state index in [1.807, 2.05) is 11.4 Å². The molecule has 0 unspecified atom stereocenters. The molecule has 0 fully saturated rings. The maximum Gasteiger partial charge on any atom is 0.154 e. The normalized spacial score (nSPS) is 9.80. The van der Waals surface area contributed by atoms with Crippen LogP contribution < -0.4 is 5.73 Å². The summed E-state index contributed by atoms with van der Waals surface area (Å²) in [6, 6.07) is 7.33. The van der Waals surface area contributed by atoms with E-state index in [0.29, 0.717) is 11.3 Å². The number of thiazole rings is 1. The van der Waals surface area contributed by atoms with Gasteiger partial charge in [-0.05, 0) is 18.2 Å². The van der Waals surface area contributed by atoms with Gasteiger partial charge in [0.25, 0.3) is 0 Å². The average Bonchev–Trinajstić information content (AvgIpc) is 2.74. The molecule has 2 N–H and O–H groups in total. The molecule has 0 saturated carbocycles. The van der Waals surface area contributed by atoms with Gasteiger partial charge >= 0.3 is 0 Å². The lowest BCUT2D eigenvalue weighted by Crippen LogP contribution is -1.89. The van der Waals surface area contributed by atoms with E-state index in [9.17, 15) is 0 Å². The molecule has 0 bridgehead atoms. The van der Waals surface area contributed by atoms with E-state index < -0.39 is 0 Å². The molecule has 0 aliphatic carbocycles. The zero-order valence-corrected chi connectivity index (χ0v) is 9.31. The zero-order chi connectivity index (χ0) is 10.7. The van der Waals surface area contributed by atoms with Gasteiger partial charge in [0.1, 0.15) is 0 Å². The zero-order valence-electron chi connectivity index (χ0n) is 7.68. The first kappa shape index (κ1) is 10.0. The van der Waals surface area contributed by atoms with E-state index in [1.165, 1.54) is 11.8 Å². The summed E-state index contributed by atoms with van der Waals surface area (Å²) in [4.78, 5) is 5.09. The first-order chi connectivity index (χ1) is 7.29. The van der Waals surface area contributed by atoms with Crippen molar-refractivity contribution in [2.45, 2.75) is 9.24 Å². The second kappa shape index (κ2) is 4.34. The molecule has 2 rings (SSSR count). The van der Waals surface area contributed by atoms with Crippen LogP contribution >= 0.6 is 23.1 Å². The van der Waals surface area contributed by atoms with E-state index in [-0.39, 0.29) is 0 Å². The van der Waals surface area contributed by atoms with Crippen LogP contribution in [-0.2, 0) is 0 Å². The smallest absolute Gasteiger partial charge is 0.154 e. The van der Waals surface area contributed by atoms with Crippen LogP contribution in [0.2, 0.25) is 0 Å². The van der Waals surface area contributed by atoms with Gasteiger partial charge in [0, 0.05) is 22.2 Å². The third-order valence-corrected chi connectivity index (χ3v) is 3.72. The largest absolute Gasteiger partial charge is 0.398 e. The lowest BCUT2D eigenvalue weighted by molar-refractivity contribution is 1.25. The van der Waals surface area contributed by atoms with E-state index in [1.54, 1.807) is 29.7 Å². The Morgan fingerprint density at radius 2 is 2.33 bits per heavy atom. The number of nitrogens with two attached hydrogens (primary N) is 1. The molecule has 1 aromatic heterocycles. The van der Waals surface area contributed by atoms with Crippen LogP contribution in [0, 0.1) is 11.3 Å². The second-order valence-corrected chi connectivity index (χ2v) is 4.95. The Balaban J connectivity index is 2.27. The summed E-state index contributed by atoms with van der Waals surface area (Å²) in [5.74, 6) is 0. The molecule has 0 radical (unpaired) electrons. The van der Waals surface area contributed by atoms with Gasteiger partial charge in [-0.3, -0.25) is 0 Å². The van der Waals surface area contributed by atoms with Crippen molar-refractivity contribution in [1.82, 2.24) is 4.98 Å². The monoisotopic (exact) mass is 233 g/mol. The maximum atomic E-state index is 8.69. The lowest BCUT2D eigenvalue weighted by atomic mass is 10.2. The van der Waals surface area contributed by atoms with Crippen molar-refractivity contribution in [3.8, 4) is 6.07 Å². The van der Waals surface area contributed by atoms with Crippen molar-refractivity contribution in [3.63, 3.8) is 0 Å². The van der Waals surface area contributed by atoms with Crippen LogP contribution in [0.4, 0.5) is 5.69 Å². The van der Waals surface area contributed by atoms with E-state index in [4.69, 9.17) is 11.0 Å². The minimum Gasteiger partial charge on any atom is -0.398 e. The number of hydrogen-bond donors (Lipinski definition) is 1. The van der Waals surface area contributed by atoms with Crippen LogP contribution in [0.25, 0.3) is 0 Å². The van der Waals surface area contributed by atoms with Crippen molar-refractivity contribution >= 4 is 28.8 Å². The number of anilines is 1. The predicted molar refractivity (Wildman–Crippen MR) is 61.8 cm³/mol. The Hall–Kier alpha value is -1.51. The molecule has 3 nitrogen and oxygen atoms in total. The summed E-state index contributed by atoms with van der Waals surface area (Å²) in [6.45, 7) is 0. The van der Waals surface area contributed by atoms with Crippen molar-refractivity contribution in [2.24, 2.45) is 0 Å². The average molecular weight is 233 g/mol. The van der Waals surface area contributed by atoms with E-state index in [0.717, 1.165) is 9.24 Å². The van der Waals surface area contributed by atoms with Gasteiger partial charge in [0.05, 0.1) is 11.6 Å². The molecule has 15 heavy (non-hydrogen) atoms. The summed E-state index contributed by atoms with van der Waals surface area (Å²) >= 11 is 3.08. The predicted octanol–water partition coefficient (Wildman–Crippen LogP) is 2.75. The van der Waals surface area contributed by atoms with Gasteiger partial charge in [-0.15, -0.1) is 11.3 Å². The third kappa shape index (κ3) is 2.29. The van der Waals surface area contributed by atoms with Crippen LogP contribution in [0.1, 0.15) is 5.56 Å². The third-order valence-electron chi connectivity index (χ3n) is 1.75. The van der Waals surface area contributed by atoms with Gasteiger partial charge in [-0.1, -0.05) is 11.8 Å². The summed E-state index contributed by atoms with van der Waals surface area (Å²) in [5, 5.41) is 10.6. The first-order valence-corrected chi connectivity index (χ1v) is 5.86. The molecule has 0 aliphatic heterocycles. The molecule has 0 saturated heterocycles. The number of nitrogen functional groups attached to an aromatic ring is 1. The van der Waals surface area contributed by atoms with Gasteiger partial charge in [0.15, 0.2) is 4.34 Å². The van der Waals surface area contributed by atoms with Crippen LogP contribution in [-0.4, -0.2) is 4.98 Å². The molecule has 0 aliphatic rings. The number of benzene rings is 1. The van der Waals surface area contributed by atoms with Gasteiger partial charge in [-0.25, -0.2) is 4.98 Å². The molecule has 0 spiro atoms. The van der Waals surface area contributed by atoms with Gasteiger partial charge < -0.3 is 5.73 Å². The van der Waals surface area contributed by atoms with Crippen molar-refractivity contribution in [1.29, 1.82) is 5.26 Å². The maximum absolute atomic E-state index is 8.69. The molecule has 1 heterocycles. The fourth-order valence-corrected chi connectivity index (χ4v) is 2.67. The lowest BCUT2D eigenvalue weighted by Gasteiger charge is -2.02. The molecular weight excluding hydrogens is 226 g/mol. The highest BCUT2D eigenvalue weighted by molar-refractivity contribution is 8.01. The minimum absolute atomic E-state index is 0.580. The Morgan fingerprint density at radius 1 is 1.47 bits per heavy atom. The van der Waals surface area contributed by atoms with Crippen LogP contribution in [0.5, 0.6) is 0 Å². The highest BCUT2D eigenvalue weighted by Crippen LogP contribution is 2.33. The highest BCUT2D eigenvalue weighted by atomic mass is 32.2. The Morgan fingerprint density at radius 3 is 2.93 bits per heavy atom. The topological polar surface area (TPSA) is 62.7 Å². The quantitative estimate of drug-likeness (QED) is 0.810. The summed E-state index contributed by atoms with van der Waals surface area (Å²) in [6.07, 6.45) is 1.76. The number of nitriles is 1. The number of aromatic nitrogens is 1. The summed E-state index contributed by atoms with van der Waals surface area (Å²) in [7, 11) is 0. The Bertz CT molecular complexity index is 500. The Kier molecular flexibility index (Phi) is 2.90. The van der Waals surface area contributed by atoms with Crippen molar-refractivity contribution < 1.29 is 0 Å². The fourth-order valence-electron chi connectivity index (χ4n) is 1.07. The second-order valence-electron chi connectivity index (χ2n) is 2.76. The SMILES string of the molecule is N#Cc1ccc(Sc2nccs2)c(N)c1. The Labute approximate surface area is 95.6 Å². The number of hydrogen-bond acceptors (Lipinski definition) is 5. The van der Waals surface area contributed by atoms with Crippen molar-refractivity contribution in [2.75, 3.05) is 5.73 Å². The minimum atomic E-state index is 0.580. The standard InChI is InChI=1S/C10H7N3S2/c11-6-7-1-2-9(8(12)5-7)15-10-13-3-4-14-10/h1-5H,12H2. The van der Waals surface area contributed by atoms with Gasteiger partial charge in [0.2, 0.25) is 0 Å². The summed E-state index contributed by atoms with van der Waals surface area (Å²) < 4.78 is 0.950. The molecule has 0 amide bonds. The number of nitrogens with zero attached hydrogens (tertiary/aromatic N) is 2. The van der Waals surface area contributed by atoms with E-state index >= 15 is 0 Å². The molecule has 5 heteroatoms. The molecule has 1 aromatic carbocycles.